The molecular weight excluding hydrogens is 490 g/mol. The molecule has 3 aromatic carbocycles. The molecule has 0 atom stereocenters. The first kappa shape index (κ1) is 28.1. The summed E-state index contributed by atoms with van der Waals surface area (Å²) in [4.78, 5) is 0.210. The van der Waals surface area contributed by atoms with E-state index < -0.39 is 10.1 Å². The Kier molecular flexibility index (Phi) is 9.81. The number of benzene rings is 3. The van der Waals surface area contributed by atoms with Gasteiger partial charge in [-0.1, -0.05) is 92.6 Å². The summed E-state index contributed by atoms with van der Waals surface area (Å²) in [6.07, 6.45) is 11.3. The summed E-state index contributed by atoms with van der Waals surface area (Å²) in [5.74, 6) is 0. The van der Waals surface area contributed by atoms with Gasteiger partial charge in [0.25, 0.3) is 10.1 Å². The predicted octanol–water partition coefficient (Wildman–Crippen LogP) is 8.62. The van der Waals surface area contributed by atoms with Crippen molar-refractivity contribution in [2.75, 3.05) is 6.61 Å². The van der Waals surface area contributed by atoms with Crippen LogP contribution in [0.1, 0.15) is 68.6 Å². The number of unbranched alkanes of at least 4 members (excludes halogenated alkanes) is 5. The first-order valence-electron chi connectivity index (χ1n) is 14.0. The van der Waals surface area contributed by atoms with Crippen molar-refractivity contribution in [3.63, 3.8) is 0 Å². The van der Waals surface area contributed by atoms with Crippen LogP contribution in [0.25, 0.3) is 22.0 Å². The van der Waals surface area contributed by atoms with Crippen LogP contribution in [0.15, 0.2) is 77.8 Å². The fourth-order valence-electron chi connectivity index (χ4n) is 5.03. The van der Waals surface area contributed by atoms with Gasteiger partial charge in [0.1, 0.15) is 0 Å². The number of rotatable bonds is 14. The van der Waals surface area contributed by atoms with Crippen molar-refractivity contribution in [3.8, 4) is 11.1 Å². The van der Waals surface area contributed by atoms with Crippen molar-refractivity contribution in [2.45, 2.75) is 83.6 Å². The monoisotopic (exact) mass is 531 g/mol. The number of fused-ring (bicyclic) bond motifs is 1. The largest absolute Gasteiger partial charge is 0.347 e. The minimum Gasteiger partial charge on any atom is -0.347 e. The molecule has 0 unspecified atom stereocenters. The number of hydrogen-bond acceptors (Lipinski definition) is 3. The average Bonchev–Trinajstić information content (AvgIpc) is 3.25. The van der Waals surface area contributed by atoms with Crippen molar-refractivity contribution in [3.05, 3.63) is 89.6 Å². The third kappa shape index (κ3) is 7.36. The van der Waals surface area contributed by atoms with E-state index in [2.05, 4.69) is 67.1 Å². The molecule has 0 spiro atoms. The Morgan fingerprint density at radius 1 is 0.763 bits per heavy atom. The van der Waals surface area contributed by atoms with Crippen LogP contribution in [-0.4, -0.2) is 19.6 Å². The molecule has 0 saturated heterocycles. The Morgan fingerprint density at radius 2 is 1.50 bits per heavy atom. The van der Waals surface area contributed by atoms with Crippen LogP contribution in [0.4, 0.5) is 0 Å². The number of aryl methyl sites for hydroxylation is 4. The fourth-order valence-corrected chi connectivity index (χ4v) is 5.97. The maximum Gasteiger partial charge on any atom is 0.296 e. The molecule has 0 aliphatic rings. The highest BCUT2D eigenvalue weighted by Crippen LogP contribution is 2.30. The van der Waals surface area contributed by atoms with Gasteiger partial charge in [0.05, 0.1) is 11.5 Å². The van der Waals surface area contributed by atoms with Gasteiger partial charge in [-0.15, -0.1) is 0 Å². The van der Waals surface area contributed by atoms with Gasteiger partial charge < -0.3 is 4.57 Å². The third-order valence-electron chi connectivity index (χ3n) is 7.21. The highest BCUT2D eigenvalue weighted by molar-refractivity contribution is 7.86. The summed E-state index contributed by atoms with van der Waals surface area (Å²) in [7, 11) is -3.74. The topological polar surface area (TPSA) is 48.3 Å². The molecule has 4 nitrogen and oxygen atoms in total. The first-order chi connectivity index (χ1) is 18.4. The van der Waals surface area contributed by atoms with Gasteiger partial charge in [-0.25, -0.2) is 0 Å². The number of aromatic nitrogens is 1. The quantitative estimate of drug-likeness (QED) is 0.121. The van der Waals surface area contributed by atoms with Crippen molar-refractivity contribution in [2.24, 2.45) is 0 Å². The molecule has 5 heteroatoms. The lowest BCUT2D eigenvalue weighted by Crippen LogP contribution is -2.08. The second-order valence-corrected chi connectivity index (χ2v) is 12.0. The molecule has 0 bridgehead atoms. The van der Waals surface area contributed by atoms with Crippen LogP contribution in [0, 0.1) is 13.8 Å². The minimum atomic E-state index is -3.74. The van der Waals surface area contributed by atoms with E-state index in [1.165, 1.54) is 71.7 Å². The normalized spacial score (nSPS) is 11.9. The molecule has 0 radical (unpaired) electrons. The molecule has 4 aromatic rings. The summed E-state index contributed by atoms with van der Waals surface area (Å²) in [6, 6.07) is 22.1. The molecule has 1 heterocycles. The summed E-state index contributed by atoms with van der Waals surface area (Å²) in [5.41, 5.74) is 7.18. The lowest BCUT2D eigenvalue weighted by atomic mass is 10.00. The lowest BCUT2D eigenvalue weighted by molar-refractivity contribution is 0.312. The molecule has 38 heavy (non-hydrogen) atoms. The highest BCUT2D eigenvalue weighted by Gasteiger charge is 2.15. The van der Waals surface area contributed by atoms with Crippen molar-refractivity contribution < 1.29 is 12.6 Å². The van der Waals surface area contributed by atoms with Crippen LogP contribution in [0.3, 0.4) is 0 Å². The summed E-state index contributed by atoms with van der Waals surface area (Å²) < 4.78 is 32.9. The molecule has 0 aliphatic heterocycles. The Balaban J connectivity index is 1.48. The molecule has 1 aromatic heterocycles. The highest BCUT2D eigenvalue weighted by atomic mass is 32.2. The maximum absolute atomic E-state index is 12.6. The van der Waals surface area contributed by atoms with Crippen LogP contribution in [0.2, 0.25) is 0 Å². The molecule has 0 N–H and O–H groups in total. The van der Waals surface area contributed by atoms with Gasteiger partial charge in [0.15, 0.2) is 0 Å². The number of hydrogen-bond donors (Lipinski definition) is 0. The van der Waals surface area contributed by atoms with Crippen molar-refractivity contribution >= 4 is 21.0 Å². The Labute approximate surface area is 228 Å². The second-order valence-electron chi connectivity index (χ2n) is 10.4. The standard InChI is InChI=1S/C33H41NO3S/c1-4-5-6-7-8-9-21-34-25-30(14-11-22-37-38(35,36)31-18-15-26(2)16-19-31)32-24-29(17-20-33(32)34)28-13-10-12-27(3)23-28/h10,12-13,15-20,23-25H,4-9,11,14,21-22H2,1-3H3. The van der Waals surface area contributed by atoms with E-state index in [0.29, 0.717) is 6.42 Å². The van der Waals surface area contributed by atoms with Crippen LogP contribution < -0.4 is 0 Å². The third-order valence-corrected chi connectivity index (χ3v) is 8.53. The average molecular weight is 532 g/mol. The Morgan fingerprint density at radius 3 is 2.26 bits per heavy atom. The predicted molar refractivity (Wildman–Crippen MR) is 158 cm³/mol. The minimum absolute atomic E-state index is 0.165. The molecule has 0 saturated carbocycles. The van der Waals surface area contributed by atoms with Gasteiger partial charge in [-0.05, 0) is 74.1 Å². The zero-order valence-electron chi connectivity index (χ0n) is 23.1. The Hall–Kier alpha value is -2.89. The van der Waals surface area contributed by atoms with Gasteiger partial charge >= 0.3 is 0 Å². The molecule has 0 aliphatic carbocycles. The zero-order valence-corrected chi connectivity index (χ0v) is 23.9. The van der Waals surface area contributed by atoms with Gasteiger partial charge in [-0.3, -0.25) is 4.18 Å². The van der Waals surface area contributed by atoms with Gasteiger partial charge in [0.2, 0.25) is 0 Å². The summed E-state index contributed by atoms with van der Waals surface area (Å²) in [6.45, 7) is 7.48. The van der Waals surface area contributed by atoms with E-state index in [9.17, 15) is 8.42 Å². The van der Waals surface area contributed by atoms with Gasteiger partial charge in [-0.2, -0.15) is 8.42 Å². The molecular formula is C33H41NO3S. The smallest absolute Gasteiger partial charge is 0.296 e. The lowest BCUT2D eigenvalue weighted by Gasteiger charge is -2.08. The second kappa shape index (κ2) is 13.3. The SMILES string of the molecule is CCCCCCCCn1cc(CCCOS(=O)(=O)c2ccc(C)cc2)c2cc(-c3cccc(C)c3)ccc21. The van der Waals surface area contributed by atoms with E-state index in [1.54, 1.807) is 24.3 Å². The summed E-state index contributed by atoms with van der Waals surface area (Å²) >= 11 is 0. The Bertz CT molecular complexity index is 1440. The van der Waals surface area contributed by atoms with E-state index >= 15 is 0 Å². The van der Waals surface area contributed by atoms with E-state index in [-0.39, 0.29) is 11.5 Å². The number of nitrogens with zero attached hydrogens (tertiary/aromatic N) is 1. The maximum atomic E-state index is 12.6. The van der Waals surface area contributed by atoms with E-state index in [1.807, 2.05) is 6.92 Å². The molecule has 0 fully saturated rings. The molecule has 0 amide bonds. The van der Waals surface area contributed by atoms with Crippen molar-refractivity contribution in [1.29, 1.82) is 0 Å². The fraction of sp³-hybridized carbons (Fsp3) is 0.394. The van der Waals surface area contributed by atoms with E-state index in [0.717, 1.165) is 18.5 Å². The van der Waals surface area contributed by atoms with E-state index in [4.69, 9.17) is 4.18 Å². The summed E-state index contributed by atoms with van der Waals surface area (Å²) in [5, 5.41) is 1.25. The molecule has 202 valence electrons. The van der Waals surface area contributed by atoms with Crippen LogP contribution >= 0.6 is 0 Å². The molecule has 4 rings (SSSR count). The van der Waals surface area contributed by atoms with Crippen molar-refractivity contribution in [1.82, 2.24) is 4.57 Å². The van der Waals surface area contributed by atoms with Gasteiger partial charge in [0, 0.05) is 23.6 Å². The first-order valence-corrected chi connectivity index (χ1v) is 15.4. The zero-order chi connectivity index (χ0) is 27.0. The van der Waals surface area contributed by atoms with Crippen LogP contribution in [0.5, 0.6) is 0 Å². The van der Waals surface area contributed by atoms with Crippen LogP contribution in [-0.2, 0) is 27.3 Å².